The second-order valence-electron chi connectivity index (χ2n) is 3.22. The molecule has 0 saturated carbocycles. The van der Waals surface area contributed by atoms with Crippen molar-refractivity contribution < 1.29 is 19.8 Å². The van der Waals surface area contributed by atoms with E-state index in [9.17, 15) is 14.7 Å². The Labute approximate surface area is 77.6 Å². The highest BCUT2D eigenvalue weighted by atomic mass is 16.3. The number of hydrogen-bond acceptors (Lipinski definition) is 4. The van der Waals surface area contributed by atoms with Gasteiger partial charge in [-0.1, -0.05) is 0 Å². The van der Waals surface area contributed by atoms with Crippen molar-refractivity contribution in [1.29, 1.82) is 0 Å². The highest BCUT2D eigenvalue weighted by Gasteiger charge is 2.19. The number of Topliss-reactive ketones (excluding diaryl/α,β-unsaturated/α-hetero) is 2. The van der Waals surface area contributed by atoms with Crippen LogP contribution in [-0.4, -0.2) is 34.0 Å². The molecule has 0 aromatic heterocycles. The van der Waals surface area contributed by atoms with Crippen LogP contribution in [0, 0.1) is 0 Å². The van der Waals surface area contributed by atoms with Crippen LogP contribution in [0.1, 0.15) is 33.1 Å². The minimum Gasteiger partial charge on any atom is -0.390 e. The van der Waals surface area contributed by atoms with Gasteiger partial charge in [-0.25, -0.2) is 0 Å². The van der Waals surface area contributed by atoms with Crippen LogP contribution >= 0.6 is 0 Å². The van der Waals surface area contributed by atoms with E-state index in [4.69, 9.17) is 5.11 Å². The molecule has 0 fully saturated rings. The molecule has 76 valence electrons. The summed E-state index contributed by atoms with van der Waals surface area (Å²) in [7, 11) is 0. The molecule has 2 atom stereocenters. The zero-order valence-electron chi connectivity index (χ0n) is 7.99. The van der Waals surface area contributed by atoms with Crippen molar-refractivity contribution in [3.05, 3.63) is 0 Å². The molecule has 2 unspecified atom stereocenters. The van der Waals surface area contributed by atoms with Crippen LogP contribution in [0.4, 0.5) is 0 Å². The second kappa shape index (κ2) is 5.83. The Balaban J connectivity index is 3.67. The van der Waals surface area contributed by atoms with Gasteiger partial charge in [-0.2, -0.15) is 0 Å². The lowest BCUT2D eigenvalue weighted by Crippen LogP contribution is -2.32. The van der Waals surface area contributed by atoms with Gasteiger partial charge in [-0.05, 0) is 26.7 Å². The van der Waals surface area contributed by atoms with E-state index in [1.807, 2.05) is 0 Å². The smallest absolute Gasteiger partial charge is 0.160 e. The maximum atomic E-state index is 10.6. The van der Waals surface area contributed by atoms with Crippen LogP contribution in [0.15, 0.2) is 0 Å². The van der Waals surface area contributed by atoms with Gasteiger partial charge in [0.15, 0.2) is 5.78 Å². The molecule has 0 radical (unpaired) electrons. The van der Waals surface area contributed by atoms with Gasteiger partial charge in [0.25, 0.3) is 0 Å². The summed E-state index contributed by atoms with van der Waals surface area (Å²) in [4.78, 5) is 21.1. The molecule has 0 aromatic rings. The second-order valence-corrected chi connectivity index (χ2v) is 3.22. The Hall–Kier alpha value is -0.740. The highest BCUT2D eigenvalue weighted by molar-refractivity contribution is 5.80. The summed E-state index contributed by atoms with van der Waals surface area (Å²) in [6, 6.07) is 0. The SMILES string of the molecule is CC(=O)CCCC(O)C(O)C(C)=O. The van der Waals surface area contributed by atoms with Crippen molar-refractivity contribution in [1.82, 2.24) is 0 Å². The van der Waals surface area contributed by atoms with Gasteiger partial charge in [0, 0.05) is 6.42 Å². The van der Waals surface area contributed by atoms with Crippen LogP contribution in [0.25, 0.3) is 0 Å². The fourth-order valence-electron chi connectivity index (χ4n) is 0.989. The molecular formula is C9H16O4. The summed E-state index contributed by atoms with van der Waals surface area (Å²) in [5.74, 6) is -0.403. The van der Waals surface area contributed by atoms with Crippen molar-refractivity contribution >= 4 is 11.6 Å². The van der Waals surface area contributed by atoms with Gasteiger partial charge >= 0.3 is 0 Å². The molecule has 0 aromatic carbocycles. The normalized spacial score (nSPS) is 15.1. The lowest BCUT2D eigenvalue weighted by atomic mass is 10.0. The number of carbonyl (C=O) groups is 2. The quantitative estimate of drug-likeness (QED) is 0.618. The molecule has 0 spiro atoms. The first-order chi connectivity index (χ1) is 5.95. The van der Waals surface area contributed by atoms with Crippen molar-refractivity contribution in [2.75, 3.05) is 0 Å². The monoisotopic (exact) mass is 188 g/mol. The van der Waals surface area contributed by atoms with Gasteiger partial charge in [-0.3, -0.25) is 4.79 Å². The Kier molecular flexibility index (Phi) is 5.50. The summed E-state index contributed by atoms with van der Waals surface area (Å²) >= 11 is 0. The zero-order chi connectivity index (χ0) is 10.4. The number of ketones is 2. The van der Waals surface area contributed by atoms with E-state index in [1.54, 1.807) is 0 Å². The molecule has 0 saturated heterocycles. The highest BCUT2D eigenvalue weighted by Crippen LogP contribution is 2.06. The van der Waals surface area contributed by atoms with Crippen molar-refractivity contribution in [3.8, 4) is 0 Å². The van der Waals surface area contributed by atoms with Gasteiger partial charge < -0.3 is 15.0 Å². The third-order valence-corrected chi connectivity index (χ3v) is 1.81. The molecule has 0 aliphatic rings. The molecule has 0 heterocycles. The summed E-state index contributed by atoms with van der Waals surface area (Å²) < 4.78 is 0. The van der Waals surface area contributed by atoms with E-state index in [2.05, 4.69) is 0 Å². The average Bonchev–Trinajstić information content (AvgIpc) is 2.02. The molecule has 0 aliphatic heterocycles. The molecule has 0 rings (SSSR count). The number of rotatable bonds is 6. The summed E-state index contributed by atoms with van der Waals surface area (Å²) in [5, 5.41) is 18.3. The first-order valence-electron chi connectivity index (χ1n) is 4.31. The number of carbonyl (C=O) groups excluding carboxylic acids is 2. The Morgan fingerprint density at radius 1 is 1.23 bits per heavy atom. The molecular weight excluding hydrogens is 172 g/mol. The van der Waals surface area contributed by atoms with Gasteiger partial charge in [0.05, 0.1) is 6.10 Å². The summed E-state index contributed by atoms with van der Waals surface area (Å²) in [5.41, 5.74) is 0. The van der Waals surface area contributed by atoms with Gasteiger partial charge in [0.2, 0.25) is 0 Å². The van der Waals surface area contributed by atoms with E-state index in [0.717, 1.165) is 0 Å². The van der Waals surface area contributed by atoms with Gasteiger partial charge in [0.1, 0.15) is 11.9 Å². The summed E-state index contributed by atoms with van der Waals surface area (Å²) in [6.07, 6.45) is -1.20. The zero-order valence-corrected chi connectivity index (χ0v) is 7.99. The lowest BCUT2D eigenvalue weighted by molar-refractivity contribution is -0.130. The van der Waals surface area contributed by atoms with E-state index in [-0.39, 0.29) is 12.2 Å². The van der Waals surface area contributed by atoms with Crippen molar-refractivity contribution in [2.24, 2.45) is 0 Å². The number of aliphatic hydroxyl groups is 2. The molecule has 0 aliphatic carbocycles. The minimum atomic E-state index is -1.31. The van der Waals surface area contributed by atoms with Crippen molar-refractivity contribution in [3.63, 3.8) is 0 Å². The Morgan fingerprint density at radius 3 is 2.15 bits per heavy atom. The van der Waals surface area contributed by atoms with Crippen LogP contribution < -0.4 is 0 Å². The number of hydrogen-bond donors (Lipinski definition) is 2. The fraction of sp³-hybridized carbons (Fsp3) is 0.778. The van der Waals surface area contributed by atoms with Crippen molar-refractivity contribution in [2.45, 2.75) is 45.3 Å². The van der Waals surface area contributed by atoms with E-state index >= 15 is 0 Å². The largest absolute Gasteiger partial charge is 0.390 e. The molecule has 0 bridgehead atoms. The molecule has 0 amide bonds. The van der Waals surface area contributed by atoms with E-state index < -0.39 is 18.0 Å². The van der Waals surface area contributed by atoms with Crippen LogP contribution in [-0.2, 0) is 9.59 Å². The first-order valence-corrected chi connectivity index (χ1v) is 4.31. The Bertz CT molecular complexity index is 188. The van der Waals surface area contributed by atoms with Crippen LogP contribution in [0.2, 0.25) is 0 Å². The topological polar surface area (TPSA) is 74.6 Å². The predicted octanol–water partition coefficient (Wildman–Crippen LogP) is 0.0565. The maximum Gasteiger partial charge on any atom is 0.160 e. The fourth-order valence-corrected chi connectivity index (χ4v) is 0.989. The number of aliphatic hydroxyl groups excluding tert-OH is 2. The average molecular weight is 188 g/mol. The Morgan fingerprint density at radius 2 is 1.77 bits per heavy atom. The molecule has 4 nitrogen and oxygen atoms in total. The standard InChI is InChI=1S/C9H16O4/c1-6(10)4-3-5-8(12)9(13)7(2)11/h8-9,12-13H,3-5H2,1-2H3. The van der Waals surface area contributed by atoms with E-state index in [0.29, 0.717) is 12.8 Å². The first kappa shape index (κ1) is 12.3. The molecule has 13 heavy (non-hydrogen) atoms. The third-order valence-electron chi connectivity index (χ3n) is 1.81. The maximum absolute atomic E-state index is 10.6. The molecule has 4 heteroatoms. The summed E-state index contributed by atoms with van der Waals surface area (Å²) in [6.45, 7) is 2.69. The minimum absolute atomic E-state index is 0.0458. The molecule has 2 N–H and O–H groups in total. The van der Waals surface area contributed by atoms with E-state index in [1.165, 1.54) is 13.8 Å². The predicted molar refractivity (Wildman–Crippen MR) is 47.2 cm³/mol. The van der Waals surface area contributed by atoms with Crippen LogP contribution in [0.5, 0.6) is 0 Å². The lowest BCUT2D eigenvalue weighted by Gasteiger charge is -2.14. The van der Waals surface area contributed by atoms with Gasteiger partial charge in [-0.15, -0.1) is 0 Å². The third kappa shape index (κ3) is 5.49. The van der Waals surface area contributed by atoms with Crippen LogP contribution in [0.3, 0.4) is 0 Å².